The third kappa shape index (κ3) is 9.90. The van der Waals surface area contributed by atoms with Crippen LogP contribution < -0.4 is 4.90 Å². The van der Waals surface area contributed by atoms with E-state index in [-0.39, 0.29) is 23.0 Å². The molecule has 1 aliphatic carbocycles. The van der Waals surface area contributed by atoms with Crippen LogP contribution in [-0.4, -0.2) is 84.5 Å². The van der Waals surface area contributed by atoms with Gasteiger partial charge in [-0.2, -0.15) is 13.0 Å². The maximum absolute atomic E-state index is 13.7. The minimum atomic E-state index is -4.30. The van der Waals surface area contributed by atoms with Gasteiger partial charge in [-0.3, -0.25) is 9.45 Å². The van der Waals surface area contributed by atoms with Crippen LogP contribution in [0.4, 0.5) is 16.2 Å². The molecule has 2 aromatic carbocycles. The number of carbonyl (C=O) groups is 1. The Kier molecular flexibility index (Phi) is 12.6. The largest absolute Gasteiger partial charge is 0.748 e. The van der Waals surface area contributed by atoms with Crippen molar-refractivity contribution in [3.63, 3.8) is 0 Å². The molecule has 1 amide bonds. The Bertz CT molecular complexity index is 2220. The van der Waals surface area contributed by atoms with E-state index in [1.54, 1.807) is 11.9 Å². The first-order valence-electron chi connectivity index (χ1n) is 19.3. The number of hydrogen-bond donors (Lipinski definition) is 1. The minimum Gasteiger partial charge on any atom is -0.748 e. The zero-order chi connectivity index (χ0) is 41.3. The highest BCUT2D eigenvalue weighted by Crippen LogP contribution is 2.48. The molecular weight excluding hydrogens is 751 g/mol. The van der Waals surface area contributed by atoms with Gasteiger partial charge >= 0.3 is 6.09 Å². The first-order chi connectivity index (χ1) is 26.0. The number of benzene rings is 2. The highest BCUT2D eigenvalue weighted by molar-refractivity contribution is 7.85. The molecule has 0 saturated carbocycles. The van der Waals surface area contributed by atoms with E-state index in [4.69, 9.17) is 4.74 Å². The number of nitrogens with zero attached hydrogens (tertiary/aromatic N) is 3. The highest BCUT2D eigenvalue weighted by Gasteiger charge is 2.44. The van der Waals surface area contributed by atoms with Crippen LogP contribution in [0.25, 0.3) is 0 Å². The summed E-state index contributed by atoms with van der Waals surface area (Å²) in [5.74, 6) is -0.687. The predicted molar refractivity (Wildman–Crippen MR) is 221 cm³/mol. The molecule has 2 aliphatic heterocycles. The van der Waals surface area contributed by atoms with E-state index in [0.717, 1.165) is 50.8 Å². The van der Waals surface area contributed by atoms with Gasteiger partial charge in [-0.05, 0) is 95.6 Å². The minimum absolute atomic E-state index is 0.269. The Morgan fingerprint density at radius 1 is 0.893 bits per heavy atom. The number of hydrogen-bond acceptors (Lipinski definition) is 8. The molecule has 2 aromatic rings. The van der Waals surface area contributed by atoms with Crippen LogP contribution >= 0.6 is 0 Å². The van der Waals surface area contributed by atoms with Gasteiger partial charge < -0.3 is 14.2 Å². The second-order valence-electron chi connectivity index (χ2n) is 16.9. The van der Waals surface area contributed by atoms with Crippen LogP contribution in [0.5, 0.6) is 0 Å². The lowest BCUT2D eigenvalue weighted by molar-refractivity contribution is -0.438. The molecule has 304 valence electrons. The maximum Gasteiger partial charge on any atom is 0.414 e. The summed E-state index contributed by atoms with van der Waals surface area (Å²) < 4.78 is 74.2. The van der Waals surface area contributed by atoms with Crippen molar-refractivity contribution in [3.8, 4) is 0 Å². The van der Waals surface area contributed by atoms with E-state index >= 15 is 0 Å². The number of anilines is 1. The standard InChI is InChI=1S/C43H57N3O8S2/c1-41(2,3)54-40(47)44(8)39-31(23-25-37-42(4,5)33-17-9-11-19-35(33)45(37)27-13-15-29-55(48,49)50)21-22-32(39)24-26-38-43(6,7)34-18-10-12-20-36(34)46(38)28-14-16-30-56(51,52)53/h9-12,17-20,23-26H,13-16,21-22,27-30H2,1-8H3,(H-,48,49,50,51,52,53). The SMILES string of the molecule is CN(C(=O)OC(C)(C)C)C1=C(C=CC2=[N+](CCCCS(=O)(=O)O)c3ccccc3C2(C)C)CCC1=CC=C1N(CCCCS(=O)(=O)[O-])c2ccccc2C1(C)C. The topological polar surface area (TPSA) is 147 Å². The second kappa shape index (κ2) is 16.4. The number of likely N-dealkylation sites (N-methyl/N-ethyl adjacent to an activating group) is 1. The van der Waals surface area contributed by atoms with Crippen LogP contribution in [0.1, 0.15) is 98.1 Å². The highest BCUT2D eigenvalue weighted by atomic mass is 32.2. The van der Waals surface area contributed by atoms with E-state index in [0.29, 0.717) is 45.2 Å². The van der Waals surface area contributed by atoms with Crippen LogP contribution in [0.15, 0.2) is 95.4 Å². The van der Waals surface area contributed by atoms with Crippen molar-refractivity contribution in [1.29, 1.82) is 0 Å². The summed E-state index contributed by atoms with van der Waals surface area (Å²) in [6.45, 7) is 15.3. The van der Waals surface area contributed by atoms with E-state index in [9.17, 15) is 30.7 Å². The quantitative estimate of drug-likeness (QED) is 0.114. The summed E-state index contributed by atoms with van der Waals surface area (Å²) in [6.07, 6.45) is 11.0. The van der Waals surface area contributed by atoms with Gasteiger partial charge in [-0.15, -0.1) is 0 Å². The van der Waals surface area contributed by atoms with Crippen LogP contribution in [0.3, 0.4) is 0 Å². The molecular formula is C43H57N3O8S2. The molecule has 0 bridgehead atoms. The lowest BCUT2D eigenvalue weighted by Crippen LogP contribution is -2.34. The van der Waals surface area contributed by atoms with E-state index < -0.39 is 37.7 Å². The summed E-state index contributed by atoms with van der Waals surface area (Å²) in [4.78, 5) is 17.5. The fraction of sp³-hybridized carbons (Fsp3) is 0.488. The summed E-state index contributed by atoms with van der Waals surface area (Å²) in [5.41, 5.74) is 7.76. The number of allylic oxidation sites excluding steroid dienone is 7. The fourth-order valence-electron chi connectivity index (χ4n) is 8.12. The molecule has 0 unspecified atom stereocenters. The molecule has 11 nitrogen and oxygen atoms in total. The zero-order valence-electron chi connectivity index (χ0n) is 34.0. The van der Waals surface area contributed by atoms with Gasteiger partial charge in [0, 0.05) is 60.3 Å². The number of para-hydroxylation sites is 2. The predicted octanol–water partition coefficient (Wildman–Crippen LogP) is 8.14. The summed E-state index contributed by atoms with van der Waals surface area (Å²) in [7, 11) is -6.61. The van der Waals surface area contributed by atoms with Crippen molar-refractivity contribution in [2.75, 3.05) is 36.5 Å². The molecule has 5 rings (SSSR count). The lowest BCUT2D eigenvalue weighted by Gasteiger charge is -2.28. The van der Waals surface area contributed by atoms with Crippen molar-refractivity contribution in [3.05, 3.63) is 107 Å². The average molecular weight is 808 g/mol. The zero-order valence-corrected chi connectivity index (χ0v) is 35.6. The number of amides is 1. The van der Waals surface area contributed by atoms with Crippen LogP contribution in [0, 0.1) is 0 Å². The molecule has 0 spiro atoms. The van der Waals surface area contributed by atoms with Crippen LogP contribution in [-0.2, 0) is 35.8 Å². The Morgan fingerprint density at radius 2 is 1.54 bits per heavy atom. The third-order valence-electron chi connectivity index (χ3n) is 10.8. The molecule has 3 aliphatic rings. The first kappa shape index (κ1) is 43.1. The van der Waals surface area contributed by atoms with Crippen LogP contribution in [0.2, 0.25) is 0 Å². The molecule has 56 heavy (non-hydrogen) atoms. The molecule has 2 heterocycles. The van der Waals surface area contributed by atoms with Crippen molar-refractivity contribution >= 4 is 43.4 Å². The Morgan fingerprint density at radius 3 is 2.20 bits per heavy atom. The Balaban J connectivity index is 1.56. The van der Waals surface area contributed by atoms with Gasteiger partial charge in [0.2, 0.25) is 5.69 Å². The molecule has 13 heteroatoms. The van der Waals surface area contributed by atoms with Gasteiger partial charge in [0.15, 0.2) is 5.71 Å². The average Bonchev–Trinajstić information content (AvgIpc) is 3.66. The normalized spacial score (nSPS) is 19.4. The maximum atomic E-state index is 13.7. The molecule has 0 fully saturated rings. The molecule has 0 aromatic heterocycles. The second-order valence-corrected chi connectivity index (χ2v) is 20.0. The van der Waals surface area contributed by atoms with Crippen molar-refractivity contribution in [1.82, 2.24) is 4.90 Å². The fourth-order valence-corrected chi connectivity index (χ4v) is 9.24. The molecule has 0 saturated heterocycles. The first-order valence-corrected chi connectivity index (χ1v) is 22.5. The van der Waals surface area contributed by atoms with Crippen molar-refractivity contribution < 1.29 is 40.0 Å². The number of carbonyl (C=O) groups excluding carboxylic acids is 1. The van der Waals surface area contributed by atoms with E-state index in [1.807, 2.05) is 45.0 Å². The summed E-state index contributed by atoms with van der Waals surface area (Å²) in [6, 6.07) is 16.4. The summed E-state index contributed by atoms with van der Waals surface area (Å²) in [5, 5.41) is 0. The number of fused-ring (bicyclic) bond motifs is 2. The van der Waals surface area contributed by atoms with Gasteiger partial charge in [0.25, 0.3) is 10.1 Å². The van der Waals surface area contributed by atoms with Crippen molar-refractivity contribution in [2.45, 2.75) is 103 Å². The van der Waals surface area contributed by atoms with Crippen molar-refractivity contribution in [2.24, 2.45) is 0 Å². The van der Waals surface area contributed by atoms with Gasteiger partial charge in [0.05, 0.1) is 27.0 Å². The van der Waals surface area contributed by atoms with Gasteiger partial charge in [-0.1, -0.05) is 62.4 Å². The molecule has 1 N–H and O–H groups in total. The summed E-state index contributed by atoms with van der Waals surface area (Å²) >= 11 is 0. The smallest absolute Gasteiger partial charge is 0.414 e. The number of unbranched alkanes of at least 4 members (excludes halogenated alkanes) is 2. The van der Waals surface area contributed by atoms with Gasteiger partial charge in [-0.25, -0.2) is 13.2 Å². The Labute approximate surface area is 333 Å². The van der Waals surface area contributed by atoms with E-state index in [2.05, 4.69) is 85.7 Å². The lowest BCUT2D eigenvalue weighted by atomic mass is 9.81. The third-order valence-corrected chi connectivity index (χ3v) is 12.4. The molecule has 0 atom stereocenters. The number of ether oxygens (including phenoxy) is 1. The monoisotopic (exact) mass is 807 g/mol. The Hall–Kier alpha value is -4.04. The molecule has 0 radical (unpaired) electrons. The number of rotatable bonds is 14. The van der Waals surface area contributed by atoms with E-state index in [1.165, 1.54) is 0 Å². The van der Waals surface area contributed by atoms with Gasteiger partial charge in [0.1, 0.15) is 12.1 Å².